The number of anilines is 1. The van der Waals surface area contributed by atoms with Crippen molar-refractivity contribution in [2.24, 2.45) is 0 Å². The van der Waals surface area contributed by atoms with Crippen LogP contribution >= 0.6 is 0 Å². The molecule has 3 amide bonds. The number of rotatable bonds is 11. The lowest BCUT2D eigenvalue weighted by molar-refractivity contribution is -0.134. The Kier molecular flexibility index (Phi) is 7.58. The van der Waals surface area contributed by atoms with E-state index in [1.165, 1.54) is 0 Å². The molecule has 2 aromatic carbocycles. The van der Waals surface area contributed by atoms with Gasteiger partial charge in [-0.25, -0.2) is 0 Å². The Hall–Kier alpha value is -3.66. The van der Waals surface area contributed by atoms with Crippen molar-refractivity contribution in [3.8, 4) is 6.07 Å². The van der Waals surface area contributed by atoms with Gasteiger partial charge in [-0.15, -0.1) is 0 Å². The molecule has 7 nitrogen and oxygen atoms in total. The lowest BCUT2D eigenvalue weighted by Crippen LogP contribution is -2.35. The first kappa shape index (κ1) is 23.5. The molecule has 2 aliphatic rings. The molecule has 2 saturated carbocycles. The van der Waals surface area contributed by atoms with Crippen molar-refractivity contribution >= 4 is 23.4 Å². The minimum absolute atomic E-state index is 0.0419. The van der Waals surface area contributed by atoms with Crippen LogP contribution in [0.2, 0.25) is 0 Å². The minimum Gasteiger partial charge on any atom is -0.349 e. The summed E-state index contributed by atoms with van der Waals surface area (Å²) in [4.78, 5) is 41.6. The molecular weight excluding hydrogens is 428 g/mol. The van der Waals surface area contributed by atoms with E-state index >= 15 is 0 Å². The quantitative estimate of drug-likeness (QED) is 0.554. The Balaban J connectivity index is 1.34. The van der Waals surface area contributed by atoms with Crippen molar-refractivity contribution in [3.05, 3.63) is 65.7 Å². The first-order chi connectivity index (χ1) is 16.5. The smallest absolute Gasteiger partial charge is 0.251 e. The van der Waals surface area contributed by atoms with Crippen LogP contribution in [0.1, 0.15) is 60.9 Å². The third-order valence-corrected chi connectivity index (χ3v) is 6.16. The number of para-hydroxylation sites is 1. The first-order valence-corrected chi connectivity index (χ1v) is 12.0. The largest absolute Gasteiger partial charge is 0.349 e. The van der Waals surface area contributed by atoms with Crippen molar-refractivity contribution in [1.82, 2.24) is 10.2 Å². The number of benzene rings is 2. The molecule has 0 aromatic heterocycles. The minimum atomic E-state index is -0.156. The van der Waals surface area contributed by atoms with Crippen LogP contribution < -0.4 is 10.2 Å². The number of amides is 3. The summed E-state index contributed by atoms with van der Waals surface area (Å²) in [6, 6.07) is 19.3. The average Bonchev–Trinajstić information content (AvgIpc) is 3.78. The summed E-state index contributed by atoms with van der Waals surface area (Å²) < 4.78 is 0. The van der Waals surface area contributed by atoms with Crippen LogP contribution in [0.25, 0.3) is 0 Å². The fraction of sp³-hybridized carbons (Fsp3) is 0.407. The zero-order valence-electron chi connectivity index (χ0n) is 19.3. The van der Waals surface area contributed by atoms with Crippen LogP contribution in [0.5, 0.6) is 0 Å². The van der Waals surface area contributed by atoms with Gasteiger partial charge in [-0.1, -0.05) is 30.3 Å². The van der Waals surface area contributed by atoms with E-state index in [0.29, 0.717) is 24.7 Å². The summed E-state index contributed by atoms with van der Waals surface area (Å²) in [5.41, 5.74) is 2.33. The van der Waals surface area contributed by atoms with Crippen molar-refractivity contribution in [1.29, 1.82) is 5.26 Å². The molecule has 0 unspecified atom stereocenters. The second kappa shape index (κ2) is 11.0. The van der Waals surface area contributed by atoms with E-state index < -0.39 is 0 Å². The molecule has 2 fully saturated rings. The maximum absolute atomic E-state index is 13.0. The van der Waals surface area contributed by atoms with Crippen molar-refractivity contribution in [3.63, 3.8) is 0 Å². The number of hydrogen-bond donors (Lipinski definition) is 1. The third kappa shape index (κ3) is 6.44. The van der Waals surface area contributed by atoms with Gasteiger partial charge in [0.2, 0.25) is 11.8 Å². The fourth-order valence-electron chi connectivity index (χ4n) is 3.92. The summed E-state index contributed by atoms with van der Waals surface area (Å²) in [7, 11) is 0. The van der Waals surface area contributed by atoms with Gasteiger partial charge in [-0.2, -0.15) is 5.26 Å². The summed E-state index contributed by atoms with van der Waals surface area (Å²) in [5, 5.41) is 11.9. The molecule has 0 radical (unpaired) electrons. The molecule has 34 heavy (non-hydrogen) atoms. The summed E-state index contributed by atoms with van der Waals surface area (Å²) in [6.45, 7) is 0.777. The second-order valence-electron chi connectivity index (χ2n) is 8.99. The van der Waals surface area contributed by atoms with Gasteiger partial charge in [0.15, 0.2) is 0 Å². The van der Waals surface area contributed by atoms with Gasteiger partial charge in [0.1, 0.15) is 0 Å². The van der Waals surface area contributed by atoms with Crippen molar-refractivity contribution in [2.45, 2.75) is 63.6 Å². The number of nitrogens with zero attached hydrogens (tertiary/aromatic N) is 3. The highest BCUT2D eigenvalue weighted by Crippen LogP contribution is 2.29. The SMILES string of the molecule is N#CCCN(C(=O)CCC(=O)N(Cc1ccc(C(=O)NC2CC2)cc1)C1CC1)c1ccccc1. The number of nitrogens with one attached hydrogen (secondary N) is 1. The predicted octanol–water partition coefficient (Wildman–Crippen LogP) is 3.80. The van der Waals surface area contributed by atoms with Crippen molar-refractivity contribution < 1.29 is 14.4 Å². The van der Waals surface area contributed by atoms with Crippen LogP contribution in [-0.2, 0) is 16.1 Å². The summed E-state index contributed by atoms with van der Waals surface area (Å²) in [6.07, 6.45) is 4.51. The Morgan fingerprint density at radius 1 is 0.912 bits per heavy atom. The molecule has 4 rings (SSSR count). The van der Waals surface area contributed by atoms with Gasteiger partial charge in [0, 0.05) is 49.3 Å². The normalized spacial score (nSPS) is 14.7. The molecule has 2 aliphatic carbocycles. The lowest BCUT2D eigenvalue weighted by Gasteiger charge is -2.25. The molecule has 1 N–H and O–H groups in total. The van der Waals surface area contributed by atoms with Gasteiger partial charge >= 0.3 is 0 Å². The lowest BCUT2D eigenvalue weighted by atomic mass is 10.1. The number of nitriles is 1. The highest BCUT2D eigenvalue weighted by Gasteiger charge is 2.33. The molecule has 2 aromatic rings. The maximum atomic E-state index is 13.0. The Labute approximate surface area is 200 Å². The highest BCUT2D eigenvalue weighted by molar-refractivity contribution is 5.96. The average molecular weight is 459 g/mol. The summed E-state index contributed by atoms with van der Waals surface area (Å²) in [5.74, 6) is -0.252. The van der Waals surface area contributed by atoms with Gasteiger partial charge in [0.25, 0.3) is 5.91 Å². The van der Waals surface area contributed by atoms with Crippen molar-refractivity contribution in [2.75, 3.05) is 11.4 Å². The summed E-state index contributed by atoms with van der Waals surface area (Å²) >= 11 is 0. The number of carbonyl (C=O) groups is 3. The fourth-order valence-corrected chi connectivity index (χ4v) is 3.92. The first-order valence-electron chi connectivity index (χ1n) is 12.0. The predicted molar refractivity (Wildman–Crippen MR) is 129 cm³/mol. The number of hydrogen-bond acceptors (Lipinski definition) is 4. The van der Waals surface area contributed by atoms with Gasteiger partial charge < -0.3 is 15.1 Å². The van der Waals surface area contributed by atoms with E-state index in [4.69, 9.17) is 5.26 Å². The second-order valence-corrected chi connectivity index (χ2v) is 8.99. The third-order valence-electron chi connectivity index (χ3n) is 6.16. The molecule has 176 valence electrons. The molecular formula is C27H30N4O3. The molecule has 0 bridgehead atoms. The van der Waals surface area contributed by atoms with E-state index in [2.05, 4.69) is 11.4 Å². The highest BCUT2D eigenvalue weighted by atomic mass is 16.2. The number of carbonyl (C=O) groups excluding carboxylic acids is 3. The van der Waals surface area contributed by atoms with E-state index in [9.17, 15) is 14.4 Å². The molecule has 0 heterocycles. The van der Waals surface area contributed by atoms with Gasteiger partial charge in [-0.05, 0) is 55.5 Å². The maximum Gasteiger partial charge on any atom is 0.251 e. The molecule has 0 spiro atoms. The van der Waals surface area contributed by atoms with Crippen LogP contribution in [0, 0.1) is 11.3 Å². The van der Waals surface area contributed by atoms with Gasteiger partial charge in [0.05, 0.1) is 12.5 Å². The van der Waals surface area contributed by atoms with Crippen LogP contribution in [0.15, 0.2) is 54.6 Å². The molecule has 0 atom stereocenters. The van der Waals surface area contributed by atoms with Gasteiger partial charge in [-0.3, -0.25) is 14.4 Å². The Bertz CT molecular complexity index is 1050. The molecule has 7 heteroatoms. The topological polar surface area (TPSA) is 93.5 Å². The van der Waals surface area contributed by atoms with E-state index in [0.717, 1.165) is 36.9 Å². The zero-order valence-corrected chi connectivity index (χ0v) is 19.3. The standard InChI is InChI=1S/C27H30N4O3/c28-17-4-18-30(23-5-2-1-3-6-23)25(32)15-16-26(33)31(24-13-14-24)19-20-7-9-21(10-8-20)27(34)29-22-11-12-22/h1-3,5-10,22,24H,4,11-16,18-19H2,(H,29,34). The Morgan fingerprint density at radius 3 is 2.21 bits per heavy atom. The van der Waals surface area contributed by atoms with Crippen LogP contribution in [0.3, 0.4) is 0 Å². The monoisotopic (exact) mass is 458 g/mol. The van der Waals surface area contributed by atoms with Crippen LogP contribution in [-0.4, -0.2) is 41.2 Å². The van der Waals surface area contributed by atoms with Crippen LogP contribution in [0.4, 0.5) is 5.69 Å². The Morgan fingerprint density at radius 2 is 1.59 bits per heavy atom. The van der Waals surface area contributed by atoms with E-state index in [1.807, 2.05) is 47.4 Å². The zero-order chi connectivity index (χ0) is 23.9. The molecule has 0 saturated heterocycles. The molecule has 0 aliphatic heterocycles. The van der Waals surface area contributed by atoms with E-state index in [-0.39, 0.29) is 43.0 Å². The van der Waals surface area contributed by atoms with E-state index in [1.54, 1.807) is 17.0 Å².